The number of rotatable bonds is 2. The number of nitrogen functional groups attached to an aromatic ring is 1. The quantitative estimate of drug-likeness (QED) is 0.897. The molecule has 1 fully saturated rings. The second-order valence-corrected chi connectivity index (χ2v) is 5.12. The van der Waals surface area contributed by atoms with Gasteiger partial charge in [0, 0.05) is 19.0 Å². The fraction of sp³-hybridized carbons (Fsp3) is 0.400. The molecule has 4 nitrogen and oxygen atoms in total. The average molecular weight is 257 g/mol. The number of hydrogen-bond donors (Lipinski definition) is 1. The summed E-state index contributed by atoms with van der Waals surface area (Å²) in [5.74, 6) is 0. The molecular formula is C15H19N3O. The van der Waals surface area contributed by atoms with E-state index in [1.165, 1.54) is 0 Å². The maximum Gasteiger partial charge on any atom is 0.0750 e. The number of nitrogens with two attached hydrogens (primary N) is 1. The van der Waals surface area contributed by atoms with Crippen LogP contribution in [0.4, 0.5) is 11.4 Å². The van der Waals surface area contributed by atoms with Crippen LogP contribution in [0.1, 0.15) is 13.3 Å². The van der Waals surface area contributed by atoms with Crippen molar-refractivity contribution in [1.82, 2.24) is 4.98 Å². The number of nitrogens with zero attached hydrogens (tertiary/aromatic N) is 2. The lowest BCUT2D eigenvalue weighted by Gasteiger charge is -2.30. The minimum absolute atomic E-state index is 0.233. The predicted molar refractivity (Wildman–Crippen MR) is 78.4 cm³/mol. The van der Waals surface area contributed by atoms with Crippen LogP contribution in [0, 0.1) is 0 Å². The molecule has 2 atom stereocenters. The highest BCUT2D eigenvalue weighted by Crippen LogP contribution is 2.34. The SMILES string of the molecule is CC1OCCC1N(C)c1c(N)cnc2ccccc12. The molecule has 1 aliphatic heterocycles. The summed E-state index contributed by atoms with van der Waals surface area (Å²) < 4.78 is 5.66. The summed E-state index contributed by atoms with van der Waals surface area (Å²) in [5.41, 5.74) is 8.92. The van der Waals surface area contributed by atoms with E-state index in [2.05, 4.69) is 29.9 Å². The highest BCUT2D eigenvalue weighted by Gasteiger charge is 2.29. The number of hydrogen-bond acceptors (Lipinski definition) is 4. The van der Waals surface area contributed by atoms with Crippen LogP contribution in [0.2, 0.25) is 0 Å². The zero-order chi connectivity index (χ0) is 13.4. The van der Waals surface area contributed by atoms with Crippen LogP contribution < -0.4 is 10.6 Å². The lowest BCUT2D eigenvalue weighted by molar-refractivity contribution is 0.118. The molecule has 3 rings (SSSR count). The van der Waals surface area contributed by atoms with Crippen LogP contribution in [-0.4, -0.2) is 30.8 Å². The third kappa shape index (κ3) is 2.02. The van der Waals surface area contributed by atoms with E-state index in [9.17, 15) is 0 Å². The van der Waals surface area contributed by atoms with E-state index in [0.717, 1.165) is 35.3 Å². The van der Waals surface area contributed by atoms with E-state index < -0.39 is 0 Å². The van der Waals surface area contributed by atoms with Gasteiger partial charge in [-0.15, -0.1) is 0 Å². The van der Waals surface area contributed by atoms with Gasteiger partial charge in [0.25, 0.3) is 0 Å². The Kier molecular flexibility index (Phi) is 3.03. The van der Waals surface area contributed by atoms with Crippen LogP contribution in [0.25, 0.3) is 10.9 Å². The van der Waals surface area contributed by atoms with E-state index >= 15 is 0 Å². The third-order valence-electron chi connectivity index (χ3n) is 3.96. The Bertz CT molecular complexity index is 599. The minimum Gasteiger partial charge on any atom is -0.396 e. The largest absolute Gasteiger partial charge is 0.396 e. The lowest BCUT2D eigenvalue weighted by Crippen LogP contribution is -2.37. The summed E-state index contributed by atoms with van der Waals surface area (Å²) in [5, 5.41) is 1.10. The minimum atomic E-state index is 0.233. The van der Waals surface area contributed by atoms with Gasteiger partial charge < -0.3 is 15.4 Å². The van der Waals surface area contributed by atoms with E-state index in [4.69, 9.17) is 10.5 Å². The van der Waals surface area contributed by atoms with Crippen LogP contribution >= 0.6 is 0 Å². The first-order chi connectivity index (χ1) is 9.18. The van der Waals surface area contributed by atoms with E-state index in [0.29, 0.717) is 6.04 Å². The molecule has 0 radical (unpaired) electrons. The predicted octanol–water partition coefficient (Wildman–Crippen LogP) is 2.43. The Morgan fingerprint density at radius 1 is 1.37 bits per heavy atom. The summed E-state index contributed by atoms with van der Waals surface area (Å²) in [4.78, 5) is 6.63. The second kappa shape index (κ2) is 4.70. The van der Waals surface area contributed by atoms with Gasteiger partial charge in [-0.2, -0.15) is 0 Å². The van der Waals surface area contributed by atoms with Crippen molar-refractivity contribution < 1.29 is 4.74 Å². The molecule has 1 aromatic carbocycles. The average Bonchev–Trinajstić information content (AvgIpc) is 2.84. The van der Waals surface area contributed by atoms with Gasteiger partial charge in [0.1, 0.15) is 0 Å². The molecule has 1 aromatic heterocycles. The monoisotopic (exact) mass is 257 g/mol. The summed E-state index contributed by atoms with van der Waals surface area (Å²) in [6.45, 7) is 2.94. The molecule has 0 spiro atoms. The molecule has 2 heterocycles. The molecule has 2 aromatic rings. The summed E-state index contributed by atoms with van der Waals surface area (Å²) in [6, 6.07) is 8.48. The first-order valence-electron chi connectivity index (χ1n) is 6.66. The molecule has 4 heteroatoms. The number of benzene rings is 1. The number of likely N-dealkylation sites (N-methyl/N-ethyl adjacent to an activating group) is 1. The third-order valence-corrected chi connectivity index (χ3v) is 3.96. The molecule has 2 N–H and O–H groups in total. The van der Waals surface area contributed by atoms with Gasteiger partial charge in [-0.3, -0.25) is 4.98 Å². The van der Waals surface area contributed by atoms with Crippen LogP contribution in [-0.2, 0) is 4.74 Å². The Balaban J connectivity index is 2.10. The Labute approximate surface area is 113 Å². The molecule has 100 valence electrons. The van der Waals surface area contributed by atoms with Gasteiger partial charge in [0.2, 0.25) is 0 Å². The number of pyridine rings is 1. The first-order valence-corrected chi connectivity index (χ1v) is 6.66. The standard InChI is InChI=1S/C15H19N3O/c1-10-14(7-8-19-10)18(2)15-11-5-3-4-6-13(11)17-9-12(15)16/h3-6,9-10,14H,7-8,16H2,1-2H3. The summed E-state index contributed by atoms with van der Waals surface area (Å²) in [7, 11) is 2.09. The van der Waals surface area contributed by atoms with Gasteiger partial charge in [-0.25, -0.2) is 0 Å². The highest BCUT2D eigenvalue weighted by atomic mass is 16.5. The number of anilines is 2. The molecule has 0 bridgehead atoms. The summed E-state index contributed by atoms with van der Waals surface area (Å²) >= 11 is 0. The lowest BCUT2D eigenvalue weighted by atomic mass is 10.1. The number of fused-ring (bicyclic) bond motifs is 1. The molecule has 2 unspecified atom stereocenters. The van der Waals surface area contributed by atoms with Gasteiger partial charge >= 0.3 is 0 Å². The molecular weight excluding hydrogens is 238 g/mol. The Morgan fingerprint density at radius 2 is 2.16 bits per heavy atom. The fourth-order valence-electron chi connectivity index (χ4n) is 2.93. The molecule has 1 aliphatic rings. The second-order valence-electron chi connectivity index (χ2n) is 5.12. The van der Waals surface area contributed by atoms with E-state index in [1.807, 2.05) is 18.2 Å². The zero-order valence-corrected chi connectivity index (χ0v) is 11.3. The van der Waals surface area contributed by atoms with Gasteiger partial charge in [-0.1, -0.05) is 18.2 Å². The Hall–Kier alpha value is -1.81. The maximum atomic E-state index is 6.16. The first kappa shape index (κ1) is 12.2. The van der Waals surface area contributed by atoms with Crippen molar-refractivity contribution in [3.05, 3.63) is 30.5 Å². The van der Waals surface area contributed by atoms with Crippen LogP contribution in [0.15, 0.2) is 30.5 Å². The smallest absolute Gasteiger partial charge is 0.0750 e. The van der Waals surface area contributed by atoms with Crippen LogP contribution in [0.5, 0.6) is 0 Å². The van der Waals surface area contributed by atoms with E-state index in [1.54, 1.807) is 6.20 Å². The van der Waals surface area contributed by atoms with Crippen LogP contribution in [0.3, 0.4) is 0 Å². The van der Waals surface area contributed by atoms with Crippen molar-refractivity contribution >= 4 is 22.3 Å². The molecule has 0 saturated carbocycles. The normalized spacial score (nSPS) is 22.8. The van der Waals surface area contributed by atoms with Crippen molar-refractivity contribution in [2.24, 2.45) is 0 Å². The van der Waals surface area contributed by atoms with Crippen molar-refractivity contribution in [2.45, 2.75) is 25.5 Å². The van der Waals surface area contributed by atoms with Gasteiger partial charge in [-0.05, 0) is 19.4 Å². The van der Waals surface area contributed by atoms with Crippen molar-refractivity contribution in [2.75, 3.05) is 24.3 Å². The van der Waals surface area contributed by atoms with E-state index in [-0.39, 0.29) is 6.10 Å². The van der Waals surface area contributed by atoms with Crippen molar-refractivity contribution in [3.8, 4) is 0 Å². The summed E-state index contributed by atoms with van der Waals surface area (Å²) in [6.07, 6.45) is 3.01. The highest BCUT2D eigenvalue weighted by molar-refractivity contribution is 5.97. The van der Waals surface area contributed by atoms with Crippen molar-refractivity contribution in [3.63, 3.8) is 0 Å². The number of ether oxygens (including phenoxy) is 1. The zero-order valence-electron chi connectivity index (χ0n) is 11.3. The molecule has 19 heavy (non-hydrogen) atoms. The maximum absolute atomic E-state index is 6.16. The topological polar surface area (TPSA) is 51.4 Å². The van der Waals surface area contributed by atoms with Gasteiger partial charge in [0.05, 0.1) is 35.2 Å². The van der Waals surface area contributed by atoms with Crippen molar-refractivity contribution in [1.29, 1.82) is 0 Å². The molecule has 1 saturated heterocycles. The van der Waals surface area contributed by atoms with Gasteiger partial charge in [0.15, 0.2) is 0 Å². The molecule has 0 aliphatic carbocycles. The number of para-hydroxylation sites is 1. The molecule has 0 amide bonds. The Morgan fingerprint density at radius 3 is 2.89 bits per heavy atom. The number of aromatic nitrogens is 1. The fourth-order valence-corrected chi connectivity index (χ4v) is 2.93.